The molecule has 1 heterocycles. The molecule has 1 aromatic heterocycles. The molecule has 0 unspecified atom stereocenters. The molecule has 0 bridgehead atoms. The summed E-state index contributed by atoms with van der Waals surface area (Å²) in [5.41, 5.74) is 3.21. The lowest BCUT2D eigenvalue weighted by atomic mass is 10.0. The van der Waals surface area contributed by atoms with Crippen LogP contribution in [0, 0.1) is 0 Å². The van der Waals surface area contributed by atoms with Crippen molar-refractivity contribution >= 4 is 62.7 Å². The summed E-state index contributed by atoms with van der Waals surface area (Å²) in [4.78, 5) is 4.56. The lowest BCUT2D eigenvalue weighted by Crippen LogP contribution is -2.19. The van der Waals surface area contributed by atoms with E-state index in [0.717, 1.165) is 33.4 Å². The standard InChI is InChI=1S/C22H15Cl2N3S/c23-18-10-9-15(26-22(28)27-20-8-4-3-7-19(20)24)13-17(18)21-16-6-2-1-5-14(16)11-12-25-21/h1-13H,(H2,26,27,28). The number of aromatic nitrogens is 1. The second kappa shape index (κ2) is 8.15. The molecule has 0 spiro atoms. The Bertz CT molecular complexity index is 1170. The van der Waals surface area contributed by atoms with E-state index in [9.17, 15) is 0 Å². The fourth-order valence-electron chi connectivity index (χ4n) is 2.97. The van der Waals surface area contributed by atoms with E-state index in [4.69, 9.17) is 35.4 Å². The van der Waals surface area contributed by atoms with Gasteiger partial charge in [0.05, 0.1) is 21.4 Å². The van der Waals surface area contributed by atoms with Crippen LogP contribution in [0.15, 0.2) is 79.0 Å². The van der Waals surface area contributed by atoms with Gasteiger partial charge in [-0.25, -0.2) is 0 Å². The van der Waals surface area contributed by atoms with Crippen molar-refractivity contribution in [1.82, 2.24) is 4.98 Å². The van der Waals surface area contributed by atoms with E-state index in [1.165, 1.54) is 0 Å². The first kappa shape index (κ1) is 18.7. The molecule has 28 heavy (non-hydrogen) atoms. The van der Waals surface area contributed by atoms with Gasteiger partial charge in [0.25, 0.3) is 0 Å². The van der Waals surface area contributed by atoms with Crippen molar-refractivity contribution in [3.8, 4) is 11.3 Å². The normalized spacial score (nSPS) is 10.6. The predicted molar refractivity (Wildman–Crippen MR) is 123 cm³/mol. The molecule has 3 aromatic carbocycles. The van der Waals surface area contributed by atoms with Crippen molar-refractivity contribution in [2.24, 2.45) is 0 Å². The molecular weight excluding hydrogens is 409 g/mol. The molecule has 0 aliphatic rings. The number of nitrogens with zero attached hydrogens (tertiary/aromatic N) is 1. The monoisotopic (exact) mass is 423 g/mol. The van der Waals surface area contributed by atoms with Crippen LogP contribution < -0.4 is 10.6 Å². The minimum Gasteiger partial charge on any atom is -0.332 e. The molecule has 138 valence electrons. The molecule has 0 aliphatic carbocycles. The zero-order valence-corrected chi connectivity index (χ0v) is 16.9. The Morgan fingerprint density at radius 1 is 0.821 bits per heavy atom. The van der Waals surface area contributed by atoms with Gasteiger partial charge in [0, 0.05) is 22.8 Å². The first-order valence-corrected chi connectivity index (χ1v) is 9.74. The van der Waals surface area contributed by atoms with Gasteiger partial charge in [-0.05, 0) is 54.0 Å². The Kier molecular flexibility index (Phi) is 5.44. The van der Waals surface area contributed by atoms with Crippen LogP contribution in [0.5, 0.6) is 0 Å². The molecule has 0 fully saturated rings. The maximum atomic E-state index is 6.48. The van der Waals surface area contributed by atoms with E-state index < -0.39 is 0 Å². The van der Waals surface area contributed by atoms with Crippen LogP contribution in [0.3, 0.4) is 0 Å². The van der Waals surface area contributed by atoms with Gasteiger partial charge in [0.1, 0.15) is 0 Å². The van der Waals surface area contributed by atoms with Crippen LogP contribution in [-0.2, 0) is 0 Å². The summed E-state index contributed by atoms with van der Waals surface area (Å²) in [5, 5.41) is 10.1. The number of halogens is 2. The average molecular weight is 424 g/mol. The fraction of sp³-hybridized carbons (Fsp3) is 0. The van der Waals surface area contributed by atoms with Crippen LogP contribution >= 0.6 is 35.4 Å². The molecular formula is C22H15Cl2N3S. The lowest BCUT2D eigenvalue weighted by molar-refractivity contribution is 1.36. The van der Waals surface area contributed by atoms with Crippen molar-refractivity contribution in [3.63, 3.8) is 0 Å². The van der Waals surface area contributed by atoms with Crippen LogP contribution in [0.2, 0.25) is 10.0 Å². The van der Waals surface area contributed by atoms with Gasteiger partial charge in [-0.2, -0.15) is 0 Å². The smallest absolute Gasteiger partial charge is 0.175 e. The van der Waals surface area contributed by atoms with Crippen LogP contribution in [0.1, 0.15) is 0 Å². The highest BCUT2D eigenvalue weighted by Crippen LogP contribution is 2.33. The molecule has 0 saturated heterocycles. The largest absolute Gasteiger partial charge is 0.332 e. The van der Waals surface area contributed by atoms with Crippen molar-refractivity contribution in [2.75, 3.05) is 10.6 Å². The maximum Gasteiger partial charge on any atom is 0.175 e. The summed E-state index contributed by atoms with van der Waals surface area (Å²) in [7, 11) is 0. The van der Waals surface area contributed by atoms with Gasteiger partial charge in [-0.1, -0.05) is 59.6 Å². The molecule has 0 atom stereocenters. The van der Waals surface area contributed by atoms with E-state index in [0.29, 0.717) is 15.2 Å². The Morgan fingerprint density at radius 3 is 2.46 bits per heavy atom. The minimum absolute atomic E-state index is 0.437. The summed E-state index contributed by atoms with van der Waals surface area (Å²) in [6, 6.07) is 23.2. The second-order valence-electron chi connectivity index (χ2n) is 6.13. The summed E-state index contributed by atoms with van der Waals surface area (Å²) in [6.45, 7) is 0. The molecule has 0 saturated carbocycles. The van der Waals surface area contributed by atoms with E-state index in [1.807, 2.05) is 60.7 Å². The number of anilines is 2. The zero-order chi connectivity index (χ0) is 19.5. The van der Waals surface area contributed by atoms with Crippen molar-refractivity contribution in [1.29, 1.82) is 0 Å². The van der Waals surface area contributed by atoms with Gasteiger partial charge in [0.15, 0.2) is 5.11 Å². The molecule has 0 radical (unpaired) electrons. The van der Waals surface area contributed by atoms with Gasteiger partial charge in [-0.3, -0.25) is 4.98 Å². The molecule has 0 amide bonds. The number of fused-ring (bicyclic) bond motifs is 1. The number of thiocarbonyl (C=S) groups is 1. The highest BCUT2D eigenvalue weighted by molar-refractivity contribution is 7.80. The Morgan fingerprint density at radius 2 is 1.61 bits per heavy atom. The fourth-order valence-corrected chi connectivity index (χ4v) is 3.58. The van der Waals surface area contributed by atoms with Crippen molar-refractivity contribution in [3.05, 3.63) is 89.0 Å². The van der Waals surface area contributed by atoms with E-state index >= 15 is 0 Å². The maximum absolute atomic E-state index is 6.48. The number of rotatable bonds is 3. The molecule has 2 N–H and O–H groups in total. The van der Waals surface area contributed by atoms with Gasteiger partial charge in [-0.15, -0.1) is 0 Å². The predicted octanol–water partition coefficient (Wildman–Crippen LogP) is 7.02. The Balaban J connectivity index is 1.64. The molecule has 4 aromatic rings. The molecule has 3 nitrogen and oxygen atoms in total. The van der Waals surface area contributed by atoms with Gasteiger partial charge >= 0.3 is 0 Å². The van der Waals surface area contributed by atoms with Crippen LogP contribution in [0.25, 0.3) is 22.0 Å². The first-order chi connectivity index (χ1) is 13.6. The third kappa shape index (κ3) is 3.94. The highest BCUT2D eigenvalue weighted by atomic mass is 35.5. The van der Waals surface area contributed by atoms with Crippen molar-refractivity contribution in [2.45, 2.75) is 0 Å². The summed E-state index contributed by atoms with van der Waals surface area (Å²) >= 11 is 18.1. The molecule has 6 heteroatoms. The Hall–Kier alpha value is -2.66. The third-order valence-corrected chi connectivity index (χ3v) is 5.14. The number of nitrogens with one attached hydrogen (secondary N) is 2. The van der Waals surface area contributed by atoms with Gasteiger partial charge < -0.3 is 10.6 Å². The summed E-state index contributed by atoms with van der Waals surface area (Å²) in [5.74, 6) is 0. The molecule has 4 rings (SSSR count). The van der Waals surface area contributed by atoms with Crippen LogP contribution in [0.4, 0.5) is 11.4 Å². The van der Waals surface area contributed by atoms with E-state index in [2.05, 4.69) is 21.7 Å². The van der Waals surface area contributed by atoms with Gasteiger partial charge in [0.2, 0.25) is 0 Å². The number of pyridine rings is 1. The van der Waals surface area contributed by atoms with E-state index in [1.54, 1.807) is 12.3 Å². The number of para-hydroxylation sites is 1. The minimum atomic E-state index is 0.437. The Labute approximate surface area is 178 Å². The summed E-state index contributed by atoms with van der Waals surface area (Å²) < 4.78 is 0. The van der Waals surface area contributed by atoms with Crippen LogP contribution in [-0.4, -0.2) is 10.1 Å². The zero-order valence-electron chi connectivity index (χ0n) is 14.6. The number of hydrogen-bond acceptors (Lipinski definition) is 2. The topological polar surface area (TPSA) is 37.0 Å². The highest BCUT2D eigenvalue weighted by Gasteiger charge is 2.11. The molecule has 0 aliphatic heterocycles. The quantitative estimate of drug-likeness (QED) is 0.347. The number of benzene rings is 3. The average Bonchev–Trinajstić information content (AvgIpc) is 2.71. The number of hydrogen-bond donors (Lipinski definition) is 2. The van der Waals surface area contributed by atoms with Crippen molar-refractivity contribution < 1.29 is 0 Å². The summed E-state index contributed by atoms with van der Waals surface area (Å²) in [6.07, 6.45) is 1.79. The second-order valence-corrected chi connectivity index (χ2v) is 7.36. The first-order valence-electron chi connectivity index (χ1n) is 8.58. The SMILES string of the molecule is S=C(Nc1ccc(Cl)c(-c2nccc3ccccc23)c1)Nc1ccccc1Cl. The van der Waals surface area contributed by atoms with E-state index in [-0.39, 0.29) is 0 Å². The lowest BCUT2D eigenvalue weighted by Gasteiger charge is -2.14. The third-order valence-electron chi connectivity index (χ3n) is 4.28.